The Morgan fingerprint density at radius 1 is 1.24 bits per heavy atom. The van der Waals surface area contributed by atoms with Crippen LogP contribution >= 0.6 is 0 Å². The highest BCUT2D eigenvalue weighted by Crippen LogP contribution is 2.38. The summed E-state index contributed by atoms with van der Waals surface area (Å²) in [4.78, 5) is 4.56. The van der Waals surface area contributed by atoms with Gasteiger partial charge in [-0.2, -0.15) is 5.10 Å². The molecule has 1 aliphatic carbocycles. The van der Waals surface area contributed by atoms with Gasteiger partial charge in [-0.3, -0.25) is 4.68 Å². The minimum absolute atomic E-state index is 0.112. The second-order valence-electron chi connectivity index (χ2n) is 8.17. The van der Waals surface area contributed by atoms with Crippen LogP contribution in [0.3, 0.4) is 0 Å². The van der Waals surface area contributed by atoms with Crippen LogP contribution in [0, 0.1) is 6.92 Å². The van der Waals surface area contributed by atoms with E-state index in [-0.39, 0.29) is 12.1 Å². The number of ether oxygens (including phenoxy) is 1. The van der Waals surface area contributed by atoms with E-state index in [9.17, 15) is 5.11 Å². The number of aromatic nitrogens is 5. The topological polar surface area (TPSA) is 89.5 Å². The van der Waals surface area contributed by atoms with Crippen molar-refractivity contribution in [3.8, 4) is 11.1 Å². The summed E-state index contributed by atoms with van der Waals surface area (Å²) >= 11 is 0. The molecule has 3 aromatic rings. The van der Waals surface area contributed by atoms with Crippen LogP contribution in [0.5, 0.6) is 0 Å². The highest BCUT2D eigenvalue weighted by molar-refractivity contribution is 5.82. The number of hydrogen-bond acceptors (Lipinski definition) is 6. The first kappa shape index (κ1) is 19.8. The number of rotatable bonds is 6. The van der Waals surface area contributed by atoms with Crippen molar-refractivity contribution in [2.45, 2.75) is 57.6 Å². The molecule has 2 N–H and O–H groups in total. The maximum absolute atomic E-state index is 9.94. The number of nitrogens with zero attached hydrogens (tertiary/aromatic N) is 5. The van der Waals surface area contributed by atoms with E-state index in [0.717, 1.165) is 48.0 Å². The SMILES string of the molecule is COC[C@H](C)Nc1ncc2c(-c3cn(C)nc3C)cc(C3CCC(O)CC3)n2n1. The Balaban J connectivity index is 1.79. The third-order valence-electron chi connectivity index (χ3n) is 5.76. The Kier molecular flexibility index (Phi) is 5.56. The first-order chi connectivity index (χ1) is 14.0. The molecule has 4 rings (SSSR count). The van der Waals surface area contributed by atoms with Crippen molar-refractivity contribution in [1.29, 1.82) is 0 Å². The van der Waals surface area contributed by atoms with Crippen LogP contribution < -0.4 is 5.32 Å². The zero-order valence-electron chi connectivity index (χ0n) is 17.6. The first-order valence-corrected chi connectivity index (χ1v) is 10.3. The average Bonchev–Trinajstić information content (AvgIpc) is 3.21. The summed E-state index contributed by atoms with van der Waals surface area (Å²) in [5.41, 5.74) is 5.35. The summed E-state index contributed by atoms with van der Waals surface area (Å²) in [5, 5.41) is 22.6. The van der Waals surface area contributed by atoms with Crippen molar-refractivity contribution in [2.24, 2.45) is 7.05 Å². The van der Waals surface area contributed by atoms with Crippen LogP contribution in [0.15, 0.2) is 18.5 Å². The molecular formula is C21H30N6O2. The molecule has 0 saturated heterocycles. The summed E-state index contributed by atoms with van der Waals surface area (Å²) < 4.78 is 9.08. The van der Waals surface area contributed by atoms with Crippen LogP contribution in [0.1, 0.15) is 49.9 Å². The molecule has 1 aliphatic rings. The number of aryl methyl sites for hydroxylation is 2. The second kappa shape index (κ2) is 8.12. The number of anilines is 1. The highest BCUT2D eigenvalue weighted by atomic mass is 16.5. The molecule has 0 aromatic carbocycles. The van der Waals surface area contributed by atoms with E-state index in [0.29, 0.717) is 18.5 Å². The highest BCUT2D eigenvalue weighted by Gasteiger charge is 2.26. The van der Waals surface area contributed by atoms with Crippen molar-refractivity contribution in [3.05, 3.63) is 29.8 Å². The Labute approximate surface area is 170 Å². The van der Waals surface area contributed by atoms with Gasteiger partial charge in [0.05, 0.1) is 30.1 Å². The summed E-state index contributed by atoms with van der Waals surface area (Å²) in [5.74, 6) is 0.958. The van der Waals surface area contributed by atoms with E-state index < -0.39 is 0 Å². The van der Waals surface area contributed by atoms with Crippen LogP contribution in [0.4, 0.5) is 5.95 Å². The first-order valence-electron chi connectivity index (χ1n) is 10.3. The molecule has 156 valence electrons. The normalized spacial score (nSPS) is 20.9. The molecule has 0 amide bonds. The molecule has 0 unspecified atom stereocenters. The molecule has 8 nitrogen and oxygen atoms in total. The van der Waals surface area contributed by atoms with Crippen LogP contribution in [-0.4, -0.2) is 55.3 Å². The van der Waals surface area contributed by atoms with Gasteiger partial charge in [0, 0.05) is 49.1 Å². The number of aliphatic hydroxyl groups excluding tert-OH is 1. The molecule has 1 saturated carbocycles. The summed E-state index contributed by atoms with van der Waals surface area (Å²) in [6.45, 7) is 4.65. The molecule has 0 spiro atoms. The second-order valence-corrected chi connectivity index (χ2v) is 8.17. The van der Waals surface area contributed by atoms with Gasteiger partial charge in [0.1, 0.15) is 0 Å². The summed E-state index contributed by atoms with van der Waals surface area (Å²) in [6.07, 6.45) is 7.35. The van der Waals surface area contributed by atoms with Crippen molar-refractivity contribution in [1.82, 2.24) is 24.4 Å². The maximum atomic E-state index is 9.94. The van der Waals surface area contributed by atoms with Crippen molar-refractivity contribution in [3.63, 3.8) is 0 Å². The third-order valence-corrected chi connectivity index (χ3v) is 5.76. The lowest BCUT2D eigenvalue weighted by Gasteiger charge is -2.25. The van der Waals surface area contributed by atoms with Crippen LogP contribution in [-0.2, 0) is 11.8 Å². The number of hydrogen-bond donors (Lipinski definition) is 2. The van der Waals surface area contributed by atoms with Gasteiger partial charge in [-0.05, 0) is 45.6 Å². The van der Waals surface area contributed by atoms with Gasteiger partial charge in [0.15, 0.2) is 0 Å². The Morgan fingerprint density at radius 3 is 2.66 bits per heavy atom. The maximum Gasteiger partial charge on any atom is 0.241 e. The molecule has 3 aromatic heterocycles. The predicted molar refractivity (Wildman–Crippen MR) is 112 cm³/mol. The van der Waals surface area contributed by atoms with Crippen molar-refractivity contribution < 1.29 is 9.84 Å². The fourth-order valence-electron chi connectivity index (χ4n) is 4.34. The fourth-order valence-corrected chi connectivity index (χ4v) is 4.34. The minimum atomic E-state index is -0.181. The van der Waals surface area contributed by atoms with E-state index in [1.807, 2.05) is 42.5 Å². The summed E-state index contributed by atoms with van der Waals surface area (Å²) in [7, 11) is 3.63. The number of aliphatic hydroxyl groups is 1. The third kappa shape index (κ3) is 4.00. The summed E-state index contributed by atoms with van der Waals surface area (Å²) in [6, 6.07) is 2.35. The van der Waals surface area contributed by atoms with Gasteiger partial charge in [0.2, 0.25) is 5.95 Å². The lowest BCUT2D eigenvalue weighted by Crippen LogP contribution is -2.23. The van der Waals surface area contributed by atoms with Gasteiger partial charge in [-0.1, -0.05) is 0 Å². The van der Waals surface area contributed by atoms with Gasteiger partial charge in [0.25, 0.3) is 0 Å². The van der Waals surface area contributed by atoms with Gasteiger partial charge >= 0.3 is 0 Å². The Morgan fingerprint density at radius 2 is 2.00 bits per heavy atom. The molecule has 1 atom stereocenters. The standard InChI is InChI=1S/C21H30N6O2/c1-13(12-29-4)23-21-22-10-20-17(18-11-26(3)24-14(18)2)9-19(27(20)25-21)15-5-7-16(28)8-6-15/h9-11,13,15-16,28H,5-8,12H2,1-4H3,(H,23,25)/t13-,15?,16?/m0/s1. The average molecular weight is 399 g/mol. The van der Waals surface area contributed by atoms with E-state index >= 15 is 0 Å². The zero-order valence-corrected chi connectivity index (χ0v) is 17.6. The zero-order chi connectivity index (χ0) is 20.5. The van der Waals surface area contributed by atoms with Crippen molar-refractivity contribution >= 4 is 11.5 Å². The predicted octanol–water partition coefficient (Wildman–Crippen LogP) is 2.90. The van der Waals surface area contributed by atoms with E-state index in [4.69, 9.17) is 9.84 Å². The van der Waals surface area contributed by atoms with E-state index in [2.05, 4.69) is 21.5 Å². The van der Waals surface area contributed by atoms with Gasteiger partial charge in [-0.15, -0.1) is 5.10 Å². The van der Waals surface area contributed by atoms with Crippen molar-refractivity contribution in [2.75, 3.05) is 19.0 Å². The van der Waals surface area contributed by atoms with Gasteiger partial charge < -0.3 is 15.2 Å². The monoisotopic (exact) mass is 398 g/mol. The van der Waals surface area contributed by atoms with E-state index in [1.165, 1.54) is 5.69 Å². The molecule has 29 heavy (non-hydrogen) atoms. The molecule has 1 fully saturated rings. The van der Waals surface area contributed by atoms with Crippen LogP contribution in [0.2, 0.25) is 0 Å². The molecule has 0 radical (unpaired) electrons. The van der Waals surface area contributed by atoms with Gasteiger partial charge in [-0.25, -0.2) is 9.50 Å². The van der Waals surface area contributed by atoms with Crippen LogP contribution in [0.25, 0.3) is 16.6 Å². The molecule has 0 aliphatic heterocycles. The molecule has 0 bridgehead atoms. The number of fused-ring (bicyclic) bond motifs is 1. The fraction of sp³-hybridized carbons (Fsp3) is 0.571. The van der Waals surface area contributed by atoms with E-state index in [1.54, 1.807) is 7.11 Å². The lowest BCUT2D eigenvalue weighted by molar-refractivity contribution is 0.121. The number of methoxy groups -OCH3 is 1. The molecule has 3 heterocycles. The molecular weight excluding hydrogens is 368 g/mol. The minimum Gasteiger partial charge on any atom is -0.393 e. The quantitative estimate of drug-likeness (QED) is 0.664. The number of nitrogens with one attached hydrogen (secondary N) is 1. The Hall–Kier alpha value is -2.45. The molecule has 8 heteroatoms. The lowest BCUT2D eigenvalue weighted by atomic mass is 9.85. The smallest absolute Gasteiger partial charge is 0.241 e. The largest absolute Gasteiger partial charge is 0.393 e. The Bertz CT molecular complexity index is 987.